The first-order chi connectivity index (χ1) is 7.56. The van der Waals surface area contributed by atoms with Crippen LogP contribution in [0.5, 0.6) is 0 Å². The highest BCUT2D eigenvalue weighted by atomic mass is 127. The van der Waals surface area contributed by atoms with Crippen molar-refractivity contribution in [1.82, 2.24) is 5.32 Å². The Balaban J connectivity index is 2.70. The molecule has 0 fully saturated rings. The number of hydrogen-bond acceptors (Lipinski definition) is 1. The fourth-order valence-electron chi connectivity index (χ4n) is 1.27. The molecule has 1 rings (SSSR count). The molecule has 0 aromatic heterocycles. The lowest BCUT2D eigenvalue weighted by atomic mass is 10.1. The van der Waals surface area contributed by atoms with E-state index in [0.717, 1.165) is 21.1 Å². The lowest BCUT2D eigenvalue weighted by molar-refractivity contribution is 0.0952. The SMILES string of the molecule is CCC(Cl)CNC(=O)c1cccc(C)c1I. The first-order valence-electron chi connectivity index (χ1n) is 5.23. The third kappa shape index (κ3) is 3.63. The molecule has 0 aliphatic rings. The number of alkyl halides is 1. The second-order valence-corrected chi connectivity index (χ2v) is 5.35. The van der Waals surface area contributed by atoms with Crippen molar-refractivity contribution >= 4 is 40.1 Å². The van der Waals surface area contributed by atoms with Crippen LogP contribution < -0.4 is 5.32 Å². The van der Waals surface area contributed by atoms with Gasteiger partial charge in [0.05, 0.1) is 10.9 Å². The van der Waals surface area contributed by atoms with E-state index in [9.17, 15) is 4.79 Å². The van der Waals surface area contributed by atoms with Gasteiger partial charge in [0.25, 0.3) is 5.91 Å². The Kier molecular flexibility index (Phi) is 5.55. The maximum atomic E-state index is 11.9. The third-order valence-electron chi connectivity index (χ3n) is 2.36. The number of hydrogen-bond donors (Lipinski definition) is 1. The number of halogens is 2. The Morgan fingerprint density at radius 1 is 1.56 bits per heavy atom. The summed E-state index contributed by atoms with van der Waals surface area (Å²) in [5, 5.41) is 2.85. The molecule has 2 nitrogen and oxygen atoms in total. The van der Waals surface area contributed by atoms with Gasteiger partial charge in [0.2, 0.25) is 0 Å². The van der Waals surface area contributed by atoms with Crippen molar-refractivity contribution in [2.24, 2.45) is 0 Å². The van der Waals surface area contributed by atoms with Crippen molar-refractivity contribution in [2.75, 3.05) is 6.54 Å². The minimum absolute atomic E-state index is 0.00594. The number of benzene rings is 1. The van der Waals surface area contributed by atoms with E-state index in [1.165, 1.54) is 0 Å². The van der Waals surface area contributed by atoms with Crippen LogP contribution in [-0.2, 0) is 0 Å². The third-order valence-corrected chi connectivity index (χ3v) is 4.26. The minimum atomic E-state index is -0.0489. The number of amides is 1. The van der Waals surface area contributed by atoms with Gasteiger partial charge in [-0.1, -0.05) is 19.1 Å². The second-order valence-electron chi connectivity index (χ2n) is 3.65. The van der Waals surface area contributed by atoms with E-state index in [1.54, 1.807) is 0 Å². The standard InChI is InChI=1S/C12H15ClINO/c1-3-9(13)7-15-12(16)10-6-4-5-8(2)11(10)14/h4-6,9H,3,7H2,1-2H3,(H,15,16). The Morgan fingerprint density at radius 2 is 2.25 bits per heavy atom. The van der Waals surface area contributed by atoms with Crippen LogP contribution in [0, 0.1) is 10.5 Å². The van der Waals surface area contributed by atoms with Gasteiger partial charge in [0, 0.05) is 10.1 Å². The number of aryl methyl sites for hydroxylation is 1. The molecule has 88 valence electrons. The number of carbonyl (C=O) groups is 1. The summed E-state index contributed by atoms with van der Waals surface area (Å²) in [5.41, 5.74) is 1.84. The van der Waals surface area contributed by atoms with Crippen LogP contribution in [0.2, 0.25) is 0 Å². The Hall–Kier alpha value is -0.290. The second kappa shape index (κ2) is 6.45. The van der Waals surface area contributed by atoms with E-state index in [0.29, 0.717) is 6.54 Å². The smallest absolute Gasteiger partial charge is 0.252 e. The van der Waals surface area contributed by atoms with Crippen LogP contribution in [0.15, 0.2) is 18.2 Å². The van der Waals surface area contributed by atoms with Crippen LogP contribution in [0.3, 0.4) is 0 Å². The quantitative estimate of drug-likeness (QED) is 0.654. The molecule has 1 unspecified atom stereocenters. The molecule has 0 heterocycles. The molecule has 1 N–H and O–H groups in total. The van der Waals surface area contributed by atoms with E-state index in [1.807, 2.05) is 32.0 Å². The number of rotatable bonds is 4. The molecule has 0 saturated carbocycles. The molecule has 0 aliphatic carbocycles. The van der Waals surface area contributed by atoms with Gasteiger partial charge < -0.3 is 5.32 Å². The van der Waals surface area contributed by atoms with Crippen LogP contribution >= 0.6 is 34.2 Å². The van der Waals surface area contributed by atoms with Crippen molar-refractivity contribution in [3.8, 4) is 0 Å². The lowest BCUT2D eigenvalue weighted by Crippen LogP contribution is -2.30. The maximum Gasteiger partial charge on any atom is 0.252 e. The zero-order chi connectivity index (χ0) is 12.1. The lowest BCUT2D eigenvalue weighted by Gasteiger charge is -2.10. The summed E-state index contributed by atoms with van der Waals surface area (Å²) in [6.07, 6.45) is 0.854. The molecule has 4 heteroatoms. The molecule has 0 bridgehead atoms. The molecule has 1 amide bonds. The molecular formula is C12H15ClINO. The molecular weight excluding hydrogens is 336 g/mol. The van der Waals surface area contributed by atoms with Crippen molar-refractivity contribution in [2.45, 2.75) is 25.6 Å². The van der Waals surface area contributed by atoms with Gasteiger partial charge in [-0.25, -0.2) is 0 Å². The fourth-order valence-corrected chi connectivity index (χ4v) is 1.95. The van der Waals surface area contributed by atoms with Crippen molar-refractivity contribution < 1.29 is 4.79 Å². The summed E-state index contributed by atoms with van der Waals surface area (Å²) in [7, 11) is 0. The van der Waals surface area contributed by atoms with Crippen molar-refractivity contribution in [1.29, 1.82) is 0 Å². The molecule has 0 spiro atoms. The predicted molar refractivity (Wildman–Crippen MR) is 76.2 cm³/mol. The summed E-state index contributed by atoms with van der Waals surface area (Å²) in [6.45, 7) is 4.51. The Morgan fingerprint density at radius 3 is 2.88 bits per heavy atom. The predicted octanol–water partition coefficient (Wildman–Crippen LogP) is 3.35. The topological polar surface area (TPSA) is 29.1 Å². The van der Waals surface area contributed by atoms with Crippen LogP contribution in [0.25, 0.3) is 0 Å². The first-order valence-corrected chi connectivity index (χ1v) is 6.75. The van der Waals surface area contributed by atoms with Gasteiger partial charge in [-0.2, -0.15) is 0 Å². The van der Waals surface area contributed by atoms with Gasteiger partial charge in [-0.3, -0.25) is 4.79 Å². The van der Waals surface area contributed by atoms with Gasteiger partial charge >= 0.3 is 0 Å². The van der Waals surface area contributed by atoms with Gasteiger partial charge in [-0.15, -0.1) is 11.6 Å². The van der Waals surface area contributed by atoms with E-state index < -0.39 is 0 Å². The Labute approximate surface area is 115 Å². The normalized spacial score (nSPS) is 12.2. The Bertz CT molecular complexity index is 381. The fraction of sp³-hybridized carbons (Fsp3) is 0.417. The number of carbonyl (C=O) groups excluding carboxylic acids is 1. The molecule has 1 aromatic carbocycles. The van der Waals surface area contributed by atoms with Gasteiger partial charge in [0.1, 0.15) is 0 Å². The van der Waals surface area contributed by atoms with Crippen LogP contribution in [0.4, 0.5) is 0 Å². The van der Waals surface area contributed by atoms with E-state index in [-0.39, 0.29) is 11.3 Å². The van der Waals surface area contributed by atoms with Crippen molar-refractivity contribution in [3.05, 3.63) is 32.9 Å². The summed E-state index contributed by atoms with van der Waals surface area (Å²) >= 11 is 8.14. The average Bonchev–Trinajstić information content (AvgIpc) is 2.29. The molecule has 16 heavy (non-hydrogen) atoms. The van der Waals surface area contributed by atoms with Crippen LogP contribution in [0.1, 0.15) is 29.3 Å². The minimum Gasteiger partial charge on any atom is -0.351 e. The number of nitrogens with one attached hydrogen (secondary N) is 1. The molecule has 0 radical (unpaired) electrons. The highest BCUT2D eigenvalue weighted by Gasteiger charge is 2.11. The summed E-state index contributed by atoms with van der Waals surface area (Å²) in [5.74, 6) is -0.0489. The summed E-state index contributed by atoms with van der Waals surface area (Å²) < 4.78 is 1.00. The van der Waals surface area contributed by atoms with E-state index >= 15 is 0 Å². The molecule has 1 aromatic rings. The van der Waals surface area contributed by atoms with Crippen molar-refractivity contribution in [3.63, 3.8) is 0 Å². The highest BCUT2D eigenvalue weighted by molar-refractivity contribution is 14.1. The summed E-state index contributed by atoms with van der Waals surface area (Å²) in [6, 6.07) is 5.72. The average molecular weight is 352 g/mol. The summed E-state index contributed by atoms with van der Waals surface area (Å²) in [4.78, 5) is 11.9. The van der Waals surface area contributed by atoms with Gasteiger partial charge in [0.15, 0.2) is 0 Å². The van der Waals surface area contributed by atoms with E-state index in [4.69, 9.17) is 11.6 Å². The largest absolute Gasteiger partial charge is 0.351 e. The molecule has 0 aliphatic heterocycles. The maximum absolute atomic E-state index is 11.9. The zero-order valence-electron chi connectivity index (χ0n) is 9.39. The monoisotopic (exact) mass is 351 g/mol. The molecule has 0 saturated heterocycles. The zero-order valence-corrected chi connectivity index (χ0v) is 12.3. The first kappa shape index (κ1) is 13.8. The van der Waals surface area contributed by atoms with Crippen LogP contribution in [-0.4, -0.2) is 17.8 Å². The van der Waals surface area contributed by atoms with Gasteiger partial charge in [-0.05, 0) is 47.6 Å². The molecule has 1 atom stereocenters. The highest BCUT2D eigenvalue weighted by Crippen LogP contribution is 2.16. The van der Waals surface area contributed by atoms with E-state index in [2.05, 4.69) is 27.9 Å².